The average Bonchev–Trinajstić information content (AvgIpc) is 2.81. The first-order valence-electron chi connectivity index (χ1n) is 5.20. The van der Waals surface area contributed by atoms with E-state index in [1.165, 1.54) is 12.1 Å². The molecule has 92 valence electrons. The van der Waals surface area contributed by atoms with Gasteiger partial charge in [0.05, 0.1) is 9.82 Å². The van der Waals surface area contributed by atoms with Crippen molar-refractivity contribution in [2.24, 2.45) is 0 Å². The Labute approximate surface area is 110 Å². The van der Waals surface area contributed by atoms with E-state index in [9.17, 15) is 14.3 Å². The van der Waals surface area contributed by atoms with Gasteiger partial charge in [-0.15, -0.1) is 0 Å². The second-order valence-corrected chi connectivity index (χ2v) is 6.07. The molecule has 0 radical (unpaired) electrons. The third kappa shape index (κ3) is 2.72. The van der Waals surface area contributed by atoms with Crippen LogP contribution >= 0.6 is 15.9 Å². The minimum atomic E-state index is -1.32. The highest BCUT2D eigenvalue weighted by atomic mass is 79.9. The van der Waals surface area contributed by atoms with Gasteiger partial charge in [-0.25, -0.2) is 8.51 Å². The Bertz CT molecular complexity index is 475. The number of halogens is 1. The Morgan fingerprint density at radius 1 is 1.35 bits per heavy atom. The number of nitro groups is 1. The molecule has 1 aromatic carbocycles. The molecule has 0 N–H and O–H groups in total. The number of nitrogens with zero attached hydrogens (tertiary/aromatic N) is 2. The molecule has 5 nitrogen and oxygen atoms in total. The molecule has 1 heterocycles. The highest BCUT2D eigenvalue weighted by molar-refractivity contribution is 9.10. The van der Waals surface area contributed by atoms with Gasteiger partial charge in [0.25, 0.3) is 5.69 Å². The highest BCUT2D eigenvalue weighted by Gasteiger charge is 2.22. The maximum Gasteiger partial charge on any atom is 0.270 e. The van der Waals surface area contributed by atoms with Crippen LogP contribution in [0.3, 0.4) is 0 Å². The van der Waals surface area contributed by atoms with E-state index < -0.39 is 15.9 Å². The van der Waals surface area contributed by atoms with Gasteiger partial charge in [-0.1, -0.05) is 0 Å². The summed E-state index contributed by atoms with van der Waals surface area (Å²) in [6.45, 7) is 1.56. The lowest BCUT2D eigenvalue weighted by atomic mass is 10.3. The standard InChI is InChI=1S/C10H11BrN2O3S/c11-9-4-3-8(13(14)15)7-10(9)17(16)12-5-1-2-6-12/h3-4,7H,1-2,5-6H2. The van der Waals surface area contributed by atoms with E-state index in [2.05, 4.69) is 15.9 Å². The van der Waals surface area contributed by atoms with Crippen LogP contribution in [0.1, 0.15) is 12.8 Å². The van der Waals surface area contributed by atoms with Crippen LogP contribution in [0, 0.1) is 10.1 Å². The van der Waals surface area contributed by atoms with Gasteiger partial charge < -0.3 is 0 Å². The average molecular weight is 319 g/mol. The van der Waals surface area contributed by atoms with Crippen molar-refractivity contribution in [2.75, 3.05) is 13.1 Å². The van der Waals surface area contributed by atoms with E-state index in [0.717, 1.165) is 25.9 Å². The van der Waals surface area contributed by atoms with Gasteiger partial charge in [0, 0.05) is 29.7 Å². The Hall–Kier alpha value is -0.790. The van der Waals surface area contributed by atoms with Crippen molar-refractivity contribution in [3.63, 3.8) is 0 Å². The van der Waals surface area contributed by atoms with E-state index in [4.69, 9.17) is 0 Å². The molecule has 0 spiro atoms. The molecule has 1 aliphatic rings. The van der Waals surface area contributed by atoms with Crippen molar-refractivity contribution < 1.29 is 9.13 Å². The fourth-order valence-electron chi connectivity index (χ4n) is 1.73. The number of non-ortho nitro benzene ring substituents is 1. The van der Waals surface area contributed by atoms with E-state index in [1.54, 1.807) is 6.07 Å². The second-order valence-electron chi connectivity index (χ2n) is 3.76. The topological polar surface area (TPSA) is 63.5 Å². The zero-order chi connectivity index (χ0) is 12.4. The maximum absolute atomic E-state index is 12.2. The molecule has 17 heavy (non-hydrogen) atoms. The number of hydrogen-bond donors (Lipinski definition) is 0. The van der Waals surface area contributed by atoms with Crippen molar-refractivity contribution >= 4 is 32.6 Å². The van der Waals surface area contributed by atoms with Crippen LogP contribution in [-0.2, 0) is 11.0 Å². The van der Waals surface area contributed by atoms with Gasteiger partial charge in [-0.2, -0.15) is 0 Å². The zero-order valence-corrected chi connectivity index (χ0v) is 11.4. The molecule has 1 aromatic rings. The molecule has 1 fully saturated rings. The lowest BCUT2D eigenvalue weighted by molar-refractivity contribution is -0.385. The predicted molar refractivity (Wildman–Crippen MR) is 68.0 cm³/mol. The molecule has 1 atom stereocenters. The SMILES string of the molecule is O=[N+]([O-])c1ccc(Br)c(S(=O)N2CCCC2)c1. The van der Waals surface area contributed by atoms with Crippen molar-refractivity contribution in [2.45, 2.75) is 17.7 Å². The van der Waals surface area contributed by atoms with Gasteiger partial charge in [0.15, 0.2) is 0 Å². The van der Waals surface area contributed by atoms with Gasteiger partial charge >= 0.3 is 0 Å². The first-order chi connectivity index (χ1) is 8.09. The third-order valence-corrected chi connectivity index (χ3v) is 5.12. The molecule has 0 saturated carbocycles. The molecule has 1 saturated heterocycles. The smallest absolute Gasteiger partial charge is 0.258 e. The Morgan fingerprint density at radius 2 is 2.00 bits per heavy atom. The Morgan fingerprint density at radius 3 is 2.59 bits per heavy atom. The van der Waals surface area contributed by atoms with Crippen LogP contribution in [0.15, 0.2) is 27.6 Å². The maximum atomic E-state index is 12.2. The molecule has 1 aliphatic heterocycles. The number of rotatable bonds is 3. The molecule has 1 unspecified atom stereocenters. The lowest BCUT2D eigenvalue weighted by Crippen LogP contribution is -2.22. The highest BCUT2D eigenvalue weighted by Crippen LogP contribution is 2.28. The molecule has 7 heteroatoms. The summed E-state index contributed by atoms with van der Waals surface area (Å²) in [5.74, 6) is 0. The van der Waals surface area contributed by atoms with E-state index in [1.807, 2.05) is 4.31 Å². The lowest BCUT2D eigenvalue weighted by Gasteiger charge is -2.14. The van der Waals surface area contributed by atoms with Crippen LogP contribution in [0.25, 0.3) is 0 Å². The molecular weight excluding hydrogens is 308 g/mol. The summed E-state index contributed by atoms with van der Waals surface area (Å²) in [6, 6.07) is 4.34. The summed E-state index contributed by atoms with van der Waals surface area (Å²) in [7, 11) is -1.32. The Kier molecular flexibility index (Phi) is 3.90. The van der Waals surface area contributed by atoms with Crippen LogP contribution in [0.5, 0.6) is 0 Å². The summed E-state index contributed by atoms with van der Waals surface area (Å²) in [5.41, 5.74) is -0.0317. The van der Waals surface area contributed by atoms with E-state index in [-0.39, 0.29) is 5.69 Å². The van der Waals surface area contributed by atoms with Crippen LogP contribution in [0.2, 0.25) is 0 Å². The van der Waals surface area contributed by atoms with Crippen LogP contribution in [-0.4, -0.2) is 26.5 Å². The second kappa shape index (κ2) is 5.24. The normalized spacial score (nSPS) is 18.2. The number of hydrogen-bond acceptors (Lipinski definition) is 3. The number of nitro benzene ring substituents is 1. The van der Waals surface area contributed by atoms with Crippen molar-refractivity contribution in [1.29, 1.82) is 0 Å². The first-order valence-corrected chi connectivity index (χ1v) is 7.10. The first kappa shape index (κ1) is 12.7. The molecular formula is C10H11BrN2O3S. The third-order valence-electron chi connectivity index (χ3n) is 2.61. The van der Waals surface area contributed by atoms with Gasteiger partial charge in [-0.3, -0.25) is 10.1 Å². The van der Waals surface area contributed by atoms with E-state index >= 15 is 0 Å². The monoisotopic (exact) mass is 318 g/mol. The number of benzene rings is 1. The summed E-state index contributed by atoms with van der Waals surface area (Å²) in [5, 5.41) is 10.7. The quantitative estimate of drug-likeness (QED) is 0.635. The van der Waals surface area contributed by atoms with Gasteiger partial charge in [0.1, 0.15) is 11.0 Å². The molecule has 0 amide bonds. The predicted octanol–water partition coefficient (Wildman–Crippen LogP) is 2.48. The zero-order valence-electron chi connectivity index (χ0n) is 8.97. The van der Waals surface area contributed by atoms with Gasteiger partial charge in [-0.05, 0) is 34.8 Å². The summed E-state index contributed by atoms with van der Waals surface area (Å²) in [6.07, 6.45) is 2.05. The Balaban J connectivity index is 2.32. The largest absolute Gasteiger partial charge is 0.270 e. The fraction of sp³-hybridized carbons (Fsp3) is 0.400. The minimum absolute atomic E-state index is 0.0317. The summed E-state index contributed by atoms with van der Waals surface area (Å²) < 4.78 is 14.7. The fourth-order valence-corrected chi connectivity index (χ4v) is 3.72. The molecule has 0 aromatic heterocycles. The summed E-state index contributed by atoms with van der Waals surface area (Å²) >= 11 is 3.28. The summed E-state index contributed by atoms with van der Waals surface area (Å²) in [4.78, 5) is 10.7. The minimum Gasteiger partial charge on any atom is -0.258 e. The van der Waals surface area contributed by atoms with Gasteiger partial charge in [0.2, 0.25) is 0 Å². The molecule has 0 bridgehead atoms. The van der Waals surface area contributed by atoms with Crippen LogP contribution < -0.4 is 0 Å². The van der Waals surface area contributed by atoms with Crippen molar-refractivity contribution in [1.82, 2.24) is 4.31 Å². The molecule has 0 aliphatic carbocycles. The van der Waals surface area contributed by atoms with E-state index in [0.29, 0.717) is 9.37 Å². The van der Waals surface area contributed by atoms with Crippen LogP contribution in [0.4, 0.5) is 5.69 Å². The van der Waals surface area contributed by atoms with Crippen molar-refractivity contribution in [3.8, 4) is 0 Å². The molecule has 2 rings (SSSR count). The van der Waals surface area contributed by atoms with Crippen molar-refractivity contribution in [3.05, 3.63) is 32.8 Å².